The topological polar surface area (TPSA) is 53.0 Å². The predicted octanol–water partition coefficient (Wildman–Crippen LogP) is 4.88. The monoisotopic (exact) mass is 356 g/mol. The van der Waals surface area contributed by atoms with Crippen LogP contribution in [0.15, 0.2) is 40.9 Å². The van der Waals surface area contributed by atoms with Crippen molar-refractivity contribution in [3.63, 3.8) is 0 Å². The van der Waals surface area contributed by atoms with Gasteiger partial charge in [0, 0.05) is 27.5 Å². The Morgan fingerprint density at radius 1 is 1.32 bits per heavy atom. The molecule has 2 N–H and O–H groups in total. The van der Waals surface area contributed by atoms with E-state index in [9.17, 15) is 4.79 Å². The van der Waals surface area contributed by atoms with E-state index in [1.54, 1.807) is 0 Å². The van der Waals surface area contributed by atoms with Crippen molar-refractivity contribution >= 4 is 33.7 Å². The van der Waals surface area contributed by atoms with Crippen LogP contribution < -0.4 is 5.32 Å². The van der Waals surface area contributed by atoms with E-state index < -0.39 is 0 Å². The van der Waals surface area contributed by atoms with Crippen LogP contribution in [0.3, 0.4) is 0 Å². The fraction of sp³-hybridized carbons (Fsp3) is 0.222. The van der Waals surface area contributed by atoms with Crippen LogP contribution in [-0.2, 0) is 0 Å². The molecule has 0 radical (unpaired) electrons. The summed E-state index contributed by atoms with van der Waals surface area (Å²) in [5.74, 6) is 0.435. The Labute approximate surface area is 138 Å². The van der Waals surface area contributed by atoms with Crippen LogP contribution in [0.2, 0.25) is 0 Å². The summed E-state index contributed by atoms with van der Waals surface area (Å²) >= 11 is 3.47. The zero-order valence-electron chi connectivity index (χ0n) is 12.3. The number of rotatable bonds is 4. The summed E-state index contributed by atoms with van der Waals surface area (Å²) in [6.45, 7) is 1.95. The summed E-state index contributed by atoms with van der Waals surface area (Å²) in [7, 11) is 0. The highest BCUT2D eigenvalue weighted by molar-refractivity contribution is 9.10. The number of carbonyl (C=O) groups is 1. The van der Waals surface area contributed by atoms with E-state index in [0.717, 1.165) is 15.7 Å². The van der Waals surface area contributed by atoms with Crippen molar-refractivity contribution in [3.8, 4) is 0 Å². The molecule has 2 aromatic rings. The largest absolute Gasteiger partial charge is 0.322 e. The molecule has 0 saturated heterocycles. The van der Waals surface area contributed by atoms with Crippen molar-refractivity contribution in [2.75, 3.05) is 5.32 Å². The highest BCUT2D eigenvalue weighted by Gasteiger charge is 2.24. The van der Waals surface area contributed by atoms with Gasteiger partial charge in [-0.3, -0.25) is 4.79 Å². The molecule has 0 spiro atoms. The van der Waals surface area contributed by atoms with Gasteiger partial charge in [-0.1, -0.05) is 28.1 Å². The molecule has 0 unspecified atom stereocenters. The maximum absolute atomic E-state index is 12.5. The molecule has 112 valence electrons. The minimum absolute atomic E-state index is 0.179. The quantitative estimate of drug-likeness (QED) is 0.753. The molecule has 22 heavy (non-hydrogen) atoms. The first-order valence-corrected chi connectivity index (χ1v) is 8.10. The van der Waals surface area contributed by atoms with Crippen LogP contribution >= 0.6 is 15.9 Å². The van der Waals surface area contributed by atoms with E-state index in [0.29, 0.717) is 17.0 Å². The van der Waals surface area contributed by atoms with Gasteiger partial charge in [-0.05, 0) is 61.1 Å². The minimum Gasteiger partial charge on any atom is -0.322 e. The fourth-order valence-corrected chi connectivity index (χ4v) is 2.88. The van der Waals surface area contributed by atoms with Crippen LogP contribution in [0.4, 0.5) is 5.69 Å². The normalized spacial score (nSPS) is 13.7. The van der Waals surface area contributed by atoms with Crippen LogP contribution in [-0.4, -0.2) is 12.1 Å². The van der Waals surface area contributed by atoms with Crippen molar-refractivity contribution in [1.29, 1.82) is 5.41 Å². The van der Waals surface area contributed by atoms with Crippen LogP contribution in [0, 0.1) is 12.3 Å². The van der Waals surface area contributed by atoms with Gasteiger partial charge in [0.05, 0.1) is 0 Å². The lowest BCUT2D eigenvalue weighted by molar-refractivity contribution is 0.102. The van der Waals surface area contributed by atoms with Gasteiger partial charge in [-0.15, -0.1) is 0 Å². The molecule has 0 aliphatic heterocycles. The summed E-state index contributed by atoms with van der Waals surface area (Å²) in [5.41, 5.74) is 4.21. The fourth-order valence-electron chi connectivity index (χ4n) is 2.51. The lowest BCUT2D eigenvalue weighted by Gasteiger charge is -2.12. The third kappa shape index (κ3) is 2.97. The van der Waals surface area contributed by atoms with Gasteiger partial charge >= 0.3 is 0 Å². The maximum atomic E-state index is 12.5. The Kier molecular flexibility index (Phi) is 4.12. The van der Waals surface area contributed by atoms with Crippen molar-refractivity contribution in [2.45, 2.75) is 25.7 Å². The highest BCUT2D eigenvalue weighted by atomic mass is 79.9. The third-order valence-corrected chi connectivity index (χ3v) is 4.90. The van der Waals surface area contributed by atoms with E-state index in [1.165, 1.54) is 24.6 Å². The number of anilines is 1. The first kappa shape index (κ1) is 15.0. The van der Waals surface area contributed by atoms with Gasteiger partial charge in [-0.25, -0.2) is 0 Å². The summed E-state index contributed by atoms with van der Waals surface area (Å²) < 4.78 is 0.960. The average molecular weight is 357 g/mol. The number of hydrogen-bond donors (Lipinski definition) is 2. The van der Waals surface area contributed by atoms with E-state index in [-0.39, 0.29) is 5.91 Å². The van der Waals surface area contributed by atoms with Crippen LogP contribution in [0.1, 0.15) is 45.8 Å². The summed E-state index contributed by atoms with van der Waals surface area (Å²) in [6, 6.07) is 11.5. The molecule has 0 heterocycles. The molecule has 1 amide bonds. The Hall–Kier alpha value is -1.94. The van der Waals surface area contributed by atoms with Gasteiger partial charge in [0.15, 0.2) is 0 Å². The number of carbonyl (C=O) groups excluding carboxylic acids is 1. The van der Waals surface area contributed by atoms with Gasteiger partial charge in [0.2, 0.25) is 0 Å². The van der Waals surface area contributed by atoms with Crippen molar-refractivity contribution < 1.29 is 4.79 Å². The first-order chi connectivity index (χ1) is 10.6. The molecular weight excluding hydrogens is 340 g/mol. The van der Waals surface area contributed by atoms with Gasteiger partial charge < -0.3 is 10.7 Å². The molecule has 1 saturated carbocycles. The van der Waals surface area contributed by atoms with Gasteiger partial charge in [0.1, 0.15) is 0 Å². The van der Waals surface area contributed by atoms with E-state index >= 15 is 0 Å². The lowest BCUT2D eigenvalue weighted by Crippen LogP contribution is -2.15. The second kappa shape index (κ2) is 6.05. The average Bonchev–Trinajstić information content (AvgIpc) is 3.36. The number of benzene rings is 2. The summed E-state index contributed by atoms with van der Waals surface area (Å²) in [5, 5.41) is 10.5. The summed E-state index contributed by atoms with van der Waals surface area (Å²) in [4.78, 5) is 12.5. The molecule has 0 aromatic heterocycles. The highest BCUT2D eigenvalue weighted by Crippen LogP contribution is 2.40. The smallest absolute Gasteiger partial charge is 0.256 e. The van der Waals surface area contributed by atoms with Crippen LogP contribution in [0.25, 0.3) is 0 Å². The Balaban J connectivity index is 1.88. The Bertz CT molecular complexity index is 751. The van der Waals surface area contributed by atoms with Gasteiger partial charge in [-0.2, -0.15) is 0 Å². The molecule has 1 aliphatic rings. The summed E-state index contributed by atoms with van der Waals surface area (Å²) in [6.07, 6.45) is 3.68. The Morgan fingerprint density at radius 3 is 2.77 bits per heavy atom. The second-order valence-corrected chi connectivity index (χ2v) is 6.49. The first-order valence-electron chi connectivity index (χ1n) is 7.31. The molecule has 3 rings (SSSR count). The van der Waals surface area contributed by atoms with E-state index in [1.807, 2.05) is 43.3 Å². The van der Waals surface area contributed by atoms with Gasteiger partial charge in [0.25, 0.3) is 5.91 Å². The molecule has 1 fully saturated rings. The number of halogens is 1. The van der Waals surface area contributed by atoms with E-state index in [2.05, 4.69) is 21.2 Å². The third-order valence-electron chi connectivity index (χ3n) is 4.04. The van der Waals surface area contributed by atoms with Crippen LogP contribution in [0.5, 0.6) is 0 Å². The van der Waals surface area contributed by atoms with Crippen molar-refractivity contribution in [2.24, 2.45) is 0 Å². The van der Waals surface area contributed by atoms with Crippen molar-refractivity contribution in [1.82, 2.24) is 0 Å². The molecule has 0 atom stereocenters. The molecule has 1 aliphatic carbocycles. The minimum atomic E-state index is -0.179. The molecular formula is C18H17BrN2O. The number of nitrogens with one attached hydrogen (secondary N) is 2. The zero-order chi connectivity index (χ0) is 15.7. The number of amides is 1. The Morgan fingerprint density at radius 2 is 2.09 bits per heavy atom. The second-order valence-electron chi connectivity index (χ2n) is 5.63. The standard InChI is InChI=1S/C18H17BrN2O/c1-11-16(19)3-2-4-17(11)21-18(22)15-8-7-13(12-5-6-12)9-14(15)10-20/h2-4,7-10,12,20H,5-6H2,1H3,(H,21,22). The number of hydrogen-bond acceptors (Lipinski definition) is 2. The molecule has 3 nitrogen and oxygen atoms in total. The predicted molar refractivity (Wildman–Crippen MR) is 93.1 cm³/mol. The van der Waals surface area contributed by atoms with E-state index in [4.69, 9.17) is 5.41 Å². The maximum Gasteiger partial charge on any atom is 0.256 e. The zero-order valence-corrected chi connectivity index (χ0v) is 13.9. The van der Waals surface area contributed by atoms with Crippen molar-refractivity contribution in [3.05, 3.63) is 63.1 Å². The molecule has 2 aromatic carbocycles. The molecule has 0 bridgehead atoms. The lowest BCUT2D eigenvalue weighted by atomic mass is 10.0. The molecule has 4 heteroatoms. The SMILES string of the molecule is Cc1c(Br)cccc1NC(=O)c1ccc(C2CC2)cc1C=N.